The fourth-order valence-corrected chi connectivity index (χ4v) is 8.19. The van der Waals surface area contributed by atoms with Crippen molar-refractivity contribution in [2.45, 2.75) is 0 Å². The van der Waals surface area contributed by atoms with Gasteiger partial charge in [-0.3, -0.25) is 0 Å². The second-order valence-electron chi connectivity index (χ2n) is 13.2. The van der Waals surface area contributed by atoms with Crippen LogP contribution >= 0.6 is 0 Å². The van der Waals surface area contributed by atoms with Gasteiger partial charge in [-0.2, -0.15) is 0 Å². The Morgan fingerprint density at radius 2 is 0.846 bits per heavy atom. The molecule has 2 heterocycles. The Morgan fingerprint density at radius 1 is 0.327 bits per heavy atom. The average Bonchev–Trinajstić information content (AvgIpc) is 3.83. The molecule has 0 unspecified atom stereocenters. The Bertz CT molecular complexity index is 3380. The zero-order valence-electron chi connectivity index (χ0n) is 32.8. The van der Waals surface area contributed by atoms with Crippen LogP contribution in [0, 0.1) is 0 Å². The smallest absolute Gasteiger partial charge is 0.143 e. The molecule has 11 aromatic rings. The van der Waals surface area contributed by atoms with Crippen molar-refractivity contribution in [3.63, 3.8) is 0 Å². The van der Waals surface area contributed by atoms with E-state index in [0.717, 1.165) is 98.8 Å². The molecule has 0 bridgehead atoms. The van der Waals surface area contributed by atoms with Crippen molar-refractivity contribution in [1.29, 1.82) is 0 Å². The molecule has 11 rings (SSSR count). The van der Waals surface area contributed by atoms with Crippen LogP contribution in [0.4, 0.5) is 0 Å². The lowest BCUT2D eigenvalue weighted by Crippen LogP contribution is -1.91. The van der Waals surface area contributed by atoms with Crippen LogP contribution in [0.25, 0.3) is 110 Å². The predicted molar refractivity (Wildman–Crippen MR) is 218 cm³/mol. The molecule has 242 valence electrons. The van der Waals surface area contributed by atoms with Gasteiger partial charge in [0.1, 0.15) is 22.3 Å². The quantitative estimate of drug-likeness (QED) is 0.175. The normalized spacial score (nSPS) is 13.2. The van der Waals surface area contributed by atoms with Gasteiger partial charge >= 0.3 is 0 Å². The first-order chi connectivity index (χ1) is 27.9. The maximum absolute atomic E-state index is 8.91. The van der Waals surface area contributed by atoms with Crippen molar-refractivity contribution in [3.05, 3.63) is 182 Å². The number of hydrogen-bond acceptors (Lipinski definition) is 2. The summed E-state index contributed by atoms with van der Waals surface area (Å²) < 4.78 is 56.0. The maximum Gasteiger partial charge on any atom is 0.143 e. The zero-order valence-corrected chi connectivity index (χ0v) is 27.8. The molecule has 0 saturated heterocycles. The van der Waals surface area contributed by atoms with Gasteiger partial charge in [-0.05, 0) is 79.2 Å². The number of furan rings is 2. The molecule has 0 aliphatic heterocycles. The summed E-state index contributed by atoms with van der Waals surface area (Å²) in [5.74, 6) is 0. The summed E-state index contributed by atoms with van der Waals surface area (Å²) in [4.78, 5) is 0. The second kappa shape index (κ2) is 11.3. The summed E-state index contributed by atoms with van der Waals surface area (Å²) in [5.41, 5.74) is 10.2. The average molecular weight is 668 g/mol. The van der Waals surface area contributed by atoms with Crippen LogP contribution in [0.2, 0.25) is 0 Å². The molecule has 0 spiro atoms. The van der Waals surface area contributed by atoms with Crippen LogP contribution in [-0.2, 0) is 0 Å². The lowest BCUT2D eigenvalue weighted by Gasteiger charge is -2.18. The number of fused-ring (bicyclic) bond motifs is 8. The fraction of sp³-hybridized carbons (Fsp3) is 0. The van der Waals surface area contributed by atoms with Gasteiger partial charge in [-0.1, -0.05) is 158 Å². The molecule has 52 heavy (non-hydrogen) atoms. The molecule has 2 heteroatoms. The fourth-order valence-electron chi connectivity index (χ4n) is 8.19. The number of para-hydroxylation sites is 3. The summed E-state index contributed by atoms with van der Waals surface area (Å²) in [6.45, 7) is 0. The van der Waals surface area contributed by atoms with Crippen LogP contribution in [0.3, 0.4) is 0 Å². The van der Waals surface area contributed by atoms with Crippen molar-refractivity contribution in [3.8, 4) is 44.5 Å². The Balaban J connectivity index is 1.17. The van der Waals surface area contributed by atoms with Crippen LogP contribution in [0.15, 0.2) is 191 Å². The van der Waals surface area contributed by atoms with Crippen LogP contribution < -0.4 is 0 Å². The van der Waals surface area contributed by atoms with Crippen LogP contribution in [-0.4, -0.2) is 0 Å². The van der Waals surface area contributed by atoms with Crippen molar-refractivity contribution < 1.29 is 15.7 Å². The van der Waals surface area contributed by atoms with Gasteiger partial charge in [0.05, 0.1) is 6.85 Å². The molecule has 0 saturated carbocycles. The molecular weight excluding hydrogens is 633 g/mol. The molecule has 0 aliphatic rings. The Hall–Kier alpha value is -6.90. The van der Waals surface area contributed by atoms with E-state index >= 15 is 0 Å². The van der Waals surface area contributed by atoms with Gasteiger partial charge < -0.3 is 8.83 Å². The summed E-state index contributed by atoms with van der Waals surface area (Å²) in [7, 11) is 0. The largest absolute Gasteiger partial charge is 0.456 e. The molecule has 9 aromatic carbocycles. The van der Waals surface area contributed by atoms with E-state index in [-0.39, 0.29) is 29.7 Å². The topological polar surface area (TPSA) is 26.3 Å². The highest BCUT2D eigenvalue weighted by Crippen LogP contribution is 2.47. The first-order valence-electron chi connectivity index (χ1n) is 19.9. The lowest BCUT2D eigenvalue weighted by molar-refractivity contribution is 0.668. The minimum Gasteiger partial charge on any atom is -0.456 e. The molecule has 0 fully saturated rings. The van der Waals surface area contributed by atoms with Gasteiger partial charge in [-0.25, -0.2) is 0 Å². The predicted octanol–water partition coefficient (Wildman–Crippen LogP) is 14.5. The van der Waals surface area contributed by atoms with Crippen molar-refractivity contribution >= 4 is 65.4 Å². The Kier molecular flexibility index (Phi) is 5.28. The van der Waals surface area contributed by atoms with E-state index in [0.29, 0.717) is 5.56 Å². The third-order valence-electron chi connectivity index (χ3n) is 10.4. The second-order valence-corrected chi connectivity index (χ2v) is 13.2. The molecule has 0 aliphatic carbocycles. The highest BCUT2D eigenvalue weighted by atomic mass is 16.3. The molecule has 0 N–H and O–H groups in total. The first-order valence-corrected chi connectivity index (χ1v) is 17.4. The third kappa shape index (κ3) is 4.25. The van der Waals surface area contributed by atoms with Gasteiger partial charge in [0.2, 0.25) is 0 Å². The van der Waals surface area contributed by atoms with Crippen molar-refractivity contribution in [1.82, 2.24) is 0 Å². The van der Waals surface area contributed by atoms with Gasteiger partial charge in [0, 0.05) is 32.7 Å². The minimum atomic E-state index is -0.407. The maximum atomic E-state index is 8.91. The summed E-state index contributed by atoms with van der Waals surface area (Å²) >= 11 is 0. The molecule has 0 amide bonds. The Morgan fingerprint density at radius 3 is 1.50 bits per heavy atom. The third-order valence-corrected chi connectivity index (χ3v) is 10.4. The van der Waals surface area contributed by atoms with E-state index in [4.69, 9.17) is 15.7 Å². The molecular formula is C50H30O2. The van der Waals surface area contributed by atoms with Gasteiger partial charge in [0.25, 0.3) is 0 Å². The van der Waals surface area contributed by atoms with Gasteiger partial charge in [0.15, 0.2) is 0 Å². The van der Waals surface area contributed by atoms with E-state index in [2.05, 4.69) is 66.7 Å². The van der Waals surface area contributed by atoms with Crippen LogP contribution in [0.1, 0.15) is 6.85 Å². The van der Waals surface area contributed by atoms with E-state index in [1.54, 1.807) is 0 Å². The molecule has 0 atom stereocenters. The van der Waals surface area contributed by atoms with Crippen molar-refractivity contribution in [2.24, 2.45) is 0 Å². The van der Waals surface area contributed by atoms with E-state index in [1.807, 2.05) is 84.9 Å². The summed E-state index contributed by atoms with van der Waals surface area (Å²) in [5, 5.41) is 7.67. The van der Waals surface area contributed by atoms with E-state index in [9.17, 15) is 0 Å². The molecule has 2 nitrogen and oxygen atoms in total. The monoisotopic (exact) mass is 667 g/mol. The van der Waals surface area contributed by atoms with E-state index < -0.39 is 6.04 Å². The van der Waals surface area contributed by atoms with Gasteiger partial charge in [-0.15, -0.1) is 0 Å². The minimum absolute atomic E-state index is 0.197. The standard InChI is InChI=1S/C50H30O2/c1-2-13-31(14-3-1)46-35-16-4-6-18-37(35)47(38-19-7-5-17-36(38)46)32-25-27-33(28-26-32)48-39(29-30-45-49(48)42-20-9-11-24-44(42)51-45)41-22-12-21-40-34-15-8-10-23-43(34)52-50(40)41/h1-30H/i1D,2D,3D,13D,14D. The molecule has 2 aromatic heterocycles. The summed E-state index contributed by atoms with van der Waals surface area (Å²) in [6, 6.07) is 49.8. The number of hydrogen-bond donors (Lipinski definition) is 0. The SMILES string of the molecule is [2H]c1c([2H])c([2H])c(-c2c3ccccc3c(-c3ccc(-c4c(-c5cccc6c5oc5ccccc56)ccc5oc6ccccc6c45)cc3)c3ccccc23)c([2H])c1[2H]. The highest BCUT2D eigenvalue weighted by Gasteiger charge is 2.22. The lowest BCUT2D eigenvalue weighted by atomic mass is 9.85. The van der Waals surface area contributed by atoms with E-state index in [1.165, 1.54) is 0 Å². The van der Waals surface area contributed by atoms with Crippen molar-refractivity contribution in [2.75, 3.05) is 0 Å². The first kappa shape index (κ1) is 24.3. The zero-order chi connectivity index (χ0) is 38.5. The molecule has 0 radical (unpaired) electrons. The number of rotatable bonds is 4. The van der Waals surface area contributed by atoms with Crippen LogP contribution in [0.5, 0.6) is 0 Å². The summed E-state index contributed by atoms with van der Waals surface area (Å²) in [6.07, 6.45) is 0. The Labute approximate surface area is 306 Å². The number of benzene rings is 9. The highest BCUT2D eigenvalue weighted by molar-refractivity contribution is 6.22.